The largest absolute Gasteiger partial charge is 0.446 e. The molecule has 0 spiro atoms. The summed E-state index contributed by atoms with van der Waals surface area (Å²) in [7, 11) is 0. The summed E-state index contributed by atoms with van der Waals surface area (Å²) in [6.07, 6.45) is -1.17. The van der Waals surface area contributed by atoms with Crippen LogP contribution in [0.1, 0.15) is 33.6 Å². The van der Waals surface area contributed by atoms with Gasteiger partial charge in [-0.05, 0) is 20.8 Å². The van der Waals surface area contributed by atoms with Gasteiger partial charge in [-0.25, -0.2) is 10.2 Å². The number of nitrogens with one attached hydrogen (secondary N) is 4. The molecule has 11 nitrogen and oxygen atoms in total. The van der Waals surface area contributed by atoms with Gasteiger partial charge in [0.25, 0.3) is 0 Å². The molecular weight excluding hydrogens is 384 g/mol. The van der Waals surface area contributed by atoms with Crippen molar-refractivity contribution in [2.45, 2.75) is 39.7 Å². The van der Waals surface area contributed by atoms with E-state index in [1.54, 1.807) is 20.8 Å². The van der Waals surface area contributed by atoms with E-state index in [2.05, 4.69) is 28.1 Å². The van der Waals surface area contributed by atoms with Crippen molar-refractivity contribution >= 4 is 23.8 Å². The molecule has 0 aliphatic heterocycles. The van der Waals surface area contributed by atoms with Gasteiger partial charge in [-0.15, -0.1) is 0 Å². The highest BCUT2D eigenvalue weighted by atomic mass is 16.6. The van der Waals surface area contributed by atoms with Gasteiger partial charge in [0.05, 0.1) is 32.5 Å². The van der Waals surface area contributed by atoms with Crippen LogP contribution in [0.5, 0.6) is 0 Å². The summed E-state index contributed by atoms with van der Waals surface area (Å²) in [5.74, 6) is -1.02. The monoisotopic (exact) mass is 416 g/mol. The lowest BCUT2D eigenvalue weighted by Crippen LogP contribution is -2.43. The molecule has 0 aromatic heterocycles. The minimum Gasteiger partial charge on any atom is -0.446 e. The highest BCUT2D eigenvalue weighted by Crippen LogP contribution is 1.90. The Morgan fingerprint density at radius 2 is 1.38 bits per heavy atom. The third kappa shape index (κ3) is 17.2. The lowest BCUT2D eigenvalue weighted by atomic mass is 10.3. The van der Waals surface area contributed by atoms with E-state index >= 15 is 0 Å². The predicted molar refractivity (Wildman–Crippen MR) is 105 cm³/mol. The summed E-state index contributed by atoms with van der Waals surface area (Å²) < 4.78 is 15.3. The van der Waals surface area contributed by atoms with E-state index in [1.807, 2.05) is 0 Å². The number of carbonyl (C=O) groups excluding carboxylic acids is 4. The van der Waals surface area contributed by atoms with Crippen molar-refractivity contribution in [3.63, 3.8) is 0 Å². The topological polar surface area (TPSA) is 144 Å². The Kier molecular flexibility index (Phi) is 14.8. The number of hydrogen-bond acceptors (Lipinski definition) is 7. The molecule has 0 unspecified atom stereocenters. The second-order valence-corrected chi connectivity index (χ2v) is 6.24. The van der Waals surface area contributed by atoms with Crippen LogP contribution in [0.3, 0.4) is 0 Å². The molecule has 166 valence electrons. The first-order chi connectivity index (χ1) is 13.7. The Labute approximate surface area is 170 Å². The summed E-state index contributed by atoms with van der Waals surface area (Å²) in [5, 5.41) is 5.25. The predicted octanol–water partition coefficient (Wildman–Crippen LogP) is -0.226. The Balaban J connectivity index is 3.49. The molecule has 4 N–H and O–H groups in total. The third-order valence-electron chi connectivity index (χ3n) is 3.09. The summed E-state index contributed by atoms with van der Waals surface area (Å²) in [4.78, 5) is 45.5. The van der Waals surface area contributed by atoms with E-state index in [0.29, 0.717) is 45.1 Å². The number of amides is 4. The highest BCUT2D eigenvalue weighted by molar-refractivity contribution is 5.92. The van der Waals surface area contributed by atoms with Crippen molar-refractivity contribution in [1.82, 2.24) is 21.5 Å². The summed E-state index contributed by atoms with van der Waals surface area (Å²) in [5.41, 5.74) is 4.68. The average molecular weight is 416 g/mol. The normalized spacial score (nSPS) is 10.2. The van der Waals surface area contributed by atoms with E-state index in [-0.39, 0.29) is 30.8 Å². The molecule has 0 fully saturated rings. The Hall–Kier alpha value is -2.66. The maximum absolute atomic E-state index is 11.6. The molecule has 0 saturated carbocycles. The van der Waals surface area contributed by atoms with E-state index in [0.717, 1.165) is 0 Å². The van der Waals surface area contributed by atoms with Gasteiger partial charge < -0.3 is 24.8 Å². The Bertz CT molecular complexity index is 552. The number of hydrogen-bond donors (Lipinski definition) is 4. The molecule has 4 amide bonds. The van der Waals surface area contributed by atoms with Gasteiger partial charge in [-0.2, -0.15) is 0 Å². The lowest BCUT2D eigenvalue weighted by Gasteiger charge is -2.10. The molecule has 0 atom stereocenters. The van der Waals surface area contributed by atoms with Gasteiger partial charge in [-0.3, -0.25) is 19.8 Å². The zero-order valence-electron chi connectivity index (χ0n) is 17.3. The first kappa shape index (κ1) is 26.3. The Morgan fingerprint density at radius 1 is 0.828 bits per heavy atom. The van der Waals surface area contributed by atoms with Gasteiger partial charge in [0, 0.05) is 31.5 Å². The summed E-state index contributed by atoms with van der Waals surface area (Å²) >= 11 is 0. The standard InChI is InChI=1S/C18H32N4O7/c1-13(2)17(25)20-8-10-28-12-11-27-9-7-19-15(23)5-6-16(24)21-22-18(26)29-14(3)4/h14H,1,5-12H2,2-4H3,(H,19,23)(H,20,25)(H,21,24)(H,22,26). The Morgan fingerprint density at radius 3 is 1.93 bits per heavy atom. The van der Waals surface area contributed by atoms with Crippen LogP contribution in [0.2, 0.25) is 0 Å². The van der Waals surface area contributed by atoms with Crippen molar-refractivity contribution in [2.75, 3.05) is 39.5 Å². The molecule has 0 aliphatic rings. The first-order valence-corrected chi connectivity index (χ1v) is 9.33. The fourth-order valence-electron chi connectivity index (χ4n) is 1.71. The maximum Gasteiger partial charge on any atom is 0.426 e. The van der Waals surface area contributed by atoms with Crippen molar-refractivity contribution in [3.05, 3.63) is 12.2 Å². The highest BCUT2D eigenvalue weighted by Gasteiger charge is 2.09. The molecule has 0 rings (SSSR count). The second-order valence-electron chi connectivity index (χ2n) is 6.24. The van der Waals surface area contributed by atoms with Crippen LogP contribution < -0.4 is 21.5 Å². The molecule has 11 heteroatoms. The van der Waals surface area contributed by atoms with E-state index < -0.39 is 12.0 Å². The van der Waals surface area contributed by atoms with E-state index in [4.69, 9.17) is 14.2 Å². The van der Waals surface area contributed by atoms with Gasteiger partial charge in [0.1, 0.15) is 0 Å². The van der Waals surface area contributed by atoms with Gasteiger partial charge >= 0.3 is 6.09 Å². The van der Waals surface area contributed by atoms with E-state index in [1.165, 1.54) is 0 Å². The first-order valence-electron chi connectivity index (χ1n) is 9.33. The van der Waals surface area contributed by atoms with Crippen LogP contribution in [-0.4, -0.2) is 69.4 Å². The van der Waals surface area contributed by atoms with Crippen LogP contribution in [0.25, 0.3) is 0 Å². The van der Waals surface area contributed by atoms with Gasteiger partial charge in [0.2, 0.25) is 17.7 Å². The SMILES string of the molecule is C=C(C)C(=O)NCCOCCOCCNC(=O)CCC(=O)NNC(=O)OC(C)C. The molecular formula is C18H32N4O7. The van der Waals surface area contributed by atoms with Crippen LogP contribution in [0.15, 0.2) is 12.2 Å². The van der Waals surface area contributed by atoms with Crippen molar-refractivity contribution < 1.29 is 33.4 Å². The molecule has 0 aromatic carbocycles. The fraction of sp³-hybridized carbons (Fsp3) is 0.667. The number of ether oxygens (including phenoxy) is 3. The second kappa shape index (κ2) is 16.3. The molecule has 0 bridgehead atoms. The van der Waals surface area contributed by atoms with Crippen molar-refractivity contribution in [1.29, 1.82) is 0 Å². The summed E-state index contributed by atoms with van der Waals surface area (Å²) in [6, 6.07) is 0. The number of carbonyl (C=O) groups is 4. The van der Waals surface area contributed by atoms with Crippen LogP contribution >= 0.6 is 0 Å². The molecule has 0 aromatic rings. The van der Waals surface area contributed by atoms with Crippen LogP contribution in [0, 0.1) is 0 Å². The van der Waals surface area contributed by atoms with Crippen LogP contribution in [0.4, 0.5) is 4.79 Å². The van der Waals surface area contributed by atoms with E-state index in [9.17, 15) is 19.2 Å². The molecule has 0 heterocycles. The third-order valence-corrected chi connectivity index (χ3v) is 3.09. The van der Waals surface area contributed by atoms with Gasteiger partial charge in [0.15, 0.2) is 0 Å². The summed E-state index contributed by atoms with van der Waals surface area (Å²) in [6.45, 7) is 10.6. The number of hydrazine groups is 1. The van der Waals surface area contributed by atoms with Crippen LogP contribution in [-0.2, 0) is 28.6 Å². The molecule has 0 saturated heterocycles. The van der Waals surface area contributed by atoms with Crippen molar-refractivity contribution in [3.8, 4) is 0 Å². The van der Waals surface area contributed by atoms with Gasteiger partial charge in [-0.1, -0.05) is 6.58 Å². The lowest BCUT2D eigenvalue weighted by molar-refractivity contribution is -0.127. The maximum atomic E-state index is 11.6. The quantitative estimate of drug-likeness (QED) is 0.174. The minimum absolute atomic E-state index is 0.0221. The molecule has 0 radical (unpaired) electrons. The fourth-order valence-corrected chi connectivity index (χ4v) is 1.71. The smallest absolute Gasteiger partial charge is 0.426 e. The van der Waals surface area contributed by atoms with Crippen molar-refractivity contribution in [2.24, 2.45) is 0 Å². The number of rotatable bonds is 14. The minimum atomic E-state index is -0.768. The molecule has 0 aliphatic carbocycles. The zero-order chi connectivity index (χ0) is 22.1. The average Bonchev–Trinajstić information content (AvgIpc) is 2.65. The molecule has 29 heavy (non-hydrogen) atoms. The zero-order valence-corrected chi connectivity index (χ0v) is 17.3.